The first kappa shape index (κ1) is 16.2. The van der Waals surface area contributed by atoms with Crippen LogP contribution in [0.4, 0.5) is 4.79 Å². The van der Waals surface area contributed by atoms with Gasteiger partial charge in [0.05, 0.1) is 0 Å². The summed E-state index contributed by atoms with van der Waals surface area (Å²) in [5.74, 6) is 0. The highest BCUT2D eigenvalue weighted by molar-refractivity contribution is 5.74. The summed E-state index contributed by atoms with van der Waals surface area (Å²) >= 11 is 0. The maximum absolute atomic E-state index is 11.4. The molecule has 16 heavy (non-hydrogen) atoms. The smallest absolute Gasteiger partial charge is 0.318 e. The van der Waals surface area contributed by atoms with Crippen LogP contribution in [0.25, 0.3) is 0 Å². The number of aliphatic hydroxyl groups is 1. The van der Waals surface area contributed by atoms with Crippen LogP contribution in [-0.4, -0.2) is 35.7 Å². The van der Waals surface area contributed by atoms with Gasteiger partial charge in [-0.25, -0.2) is 4.79 Å². The van der Waals surface area contributed by atoms with Crippen molar-refractivity contribution in [3.63, 3.8) is 0 Å². The lowest BCUT2D eigenvalue weighted by molar-refractivity contribution is 0.209. The summed E-state index contributed by atoms with van der Waals surface area (Å²) in [6, 6.07) is -0.125. The van der Waals surface area contributed by atoms with Gasteiger partial charge in [-0.15, -0.1) is 19.7 Å². The van der Waals surface area contributed by atoms with Crippen LogP contribution in [0.3, 0.4) is 0 Å². The first-order chi connectivity index (χ1) is 7.67. The van der Waals surface area contributed by atoms with Crippen molar-refractivity contribution >= 4 is 6.03 Å². The van der Waals surface area contributed by atoms with Gasteiger partial charge in [-0.3, -0.25) is 0 Å². The van der Waals surface area contributed by atoms with Crippen LogP contribution in [0.2, 0.25) is 0 Å². The molecule has 0 aromatic rings. The van der Waals surface area contributed by atoms with E-state index >= 15 is 0 Å². The van der Waals surface area contributed by atoms with Gasteiger partial charge >= 0.3 is 6.03 Å². The summed E-state index contributed by atoms with van der Waals surface area (Å²) in [7, 11) is 0. The number of nitriles is 1. The van der Waals surface area contributed by atoms with Gasteiger partial charge in [0.25, 0.3) is 6.26 Å². The lowest BCUT2D eigenvalue weighted by Crippen LogP contribution is -2.40. The molecule has 0 heterocycles. The van der Waals surface area contributed by atoms with E-state index in [9.17, 15) is 4.79 Å². The summed E-state index contributed by atoms with van der Waals surface area (Å²) < 4.78 is 0. The molecule has 0 rings (SSSR count). The Balaban J connectivity index is 0. The van der Waals surface area contributed by atoms with Crippen LogP contribution >= 0.6 is 0 Å². The molecule has 2 amide bonds. The fraction of sp³-hybridized carbons (Fsp3) is 0.273. The zero-order chi connectivity index (χ0) is 12.8. The number of hydrogen-bond donors (Lipinski definition) is 2. The molecule has 5 heteroatoms. The summed E-state index contributed by atoms with van der Waals surface area (Å²) in [4.78, 5) is 13.0. The van der Waals surface area contributed by atoms with Crippen molar-refractivity contribution in [2.24, 2.45) is 0 Å². The second-order valence-electron chi connectivity index (χ2n) is 2.56. The van der Waals surface area contributed by atoms with Crippen molar-refractivity contribution < 1.29 is 9.90 Å². The van der Waals surface area contributed by atoms with Crippen LogP contribution in [0.1, 0.15) is 0 Å². The lowest BCUT2D eigenvalue weighted by atomic mass is 10.4. The SMILES string of the molecule is C=CCNC(=O)N(CC=C)CC=C.N#CO. The third kappa shape index (κ3) is 9.86. The molecule has 0 atom stereocenters. The first-order valence-corrected chi connectivity index (χ1v) is 4.56. The molecule has 0 aromatic carbocycles. The van der Waals surface area contributed by atoms with Crippen LogP contribution < -0.4 is 5.32 Å². The highest BCUT2D eigenvalue weighted by Gasteiger charge is 2.07. The second-order valence-corrected chi connectivity index (χ2v) is 2.56. The van der Waals surface area contributed by atoms with Crippen molar-refractivity contribution in [2.45, 2.75) is 0 Å². The van der Waals surface area contributed by atoms with Crippen molar-refractivity contribution in [1.82, 2.24) is 10.2 Å². The molecule has 0 aliphatic carbocycles. The topological polar surface area (TPSA) is 76.4 Å². The Bertz CT molecular complexity index is 259. The predicted octanol–water partition coefficient (Wildman–Crippen LogP) is 1.40. The Hall–Kier alpha value is -2.22. The van der Waals surface area contributed by atoms with Crippen LogP contribution in [0, 0.1) is 11.5 Å². The number of aliphatic hydroxyl groups excluding tert-OH is 1. The summed E-state index contributed by atoms with van der Waals surface area (Å²) in [5.41, 5.74) is 0. The van der Waals surface area contributed by atoms with Gasteiger partial charge in [0, 0.05) is 19.6 Å². The zero-order valence-electron chi connectivity index (χ0n) is 9.22. The minimum atomic E-state index is -0.125. The molecule has 0 aliphatic heterocycles. The highest BCUT2D eigenvalue weighted by atomic mass is 16.2. The molecule has 5 nitrogen and oxygen atoms in total. The first-order valence-electron chi connectivity index (χ1n) is 4.56. The van der Waals surface area contributed by atoms with Gasteiger partial charge in [-0.05, 0) is 0 Å². The van der Waals surface area contributed by atoms with Gasteiger partial charge in [0.1, 0.15) is 0 Å². The third-order valence-corrected chi connectivity index (χ3v) is 1.38. The van der Waals surface area contributed by atoms with Crippen LogP contribution in [0.15, 0.2) is 38.0 Å². The average Bonchev–Trinajstić information content (AvgIpc) is 2.26. The summed E-state index contributed by atoms with van der Waals surface area (Å²) in [5, 5.41) is 16.4. The largest absolute Gasteiger partial charge is 0.443 e. The molecule has 2 N–H and O–H groups in total. The van der Waals surface area contributed by atoms with Gasteiger partial charge in [0.2, 0.25) is 0 Å². The minimum Gasteiger partial charge on any atom is -0.443 e. The Labute approximate surface area is 96.0 Å². The molecule has 0 bridgehead atoms. The van der Waals surface area contributed by atoms with Crippen molar-refractivity contribution in [1.29, 1.82) is 5.26 Å². The maximum atomic E-state index is 11.4. The molecule has 0 saturated carbocycles. The molecule has 0 spiro atoms. The zero-order valence-corrected chi connectivity index (χ0v) is 9.22. The average molecular weight is 223 g/mol. The van der Waals surface area contributed by atoms with Crippen molar-refractivity contribution in [3.8, 4) is 6.26 Å². The van der Waals surface area contributed by atoms with Gasteiger partial charge in [-0.2, -0.15) is 5.26 Å². The minimum absolute atomic E-state index is 0.125. The number of nitrogens with zero attached hydrogens (tertiary/aromatic N) is 2. The van der Waals surface area contributed by atoms with E-state index in [0.29, 0.717) is 19.6 Å². The highest BCUT2D eigenvalue weighted by Crippen LogP contribution is 1.90. The standard InChI is InChI=1S/C10H16N2O.CHNO/c1-4-7-11-10(13)12(8-5-2)9-6-3;2-1-3/h4-6H,1-3,7-9H2,(H,11,13);3H. The maximum Gasteiger partial charge on any atom is 0.318 e. The molecule has 0 aliphatic rings. The van der Waals surface area contributed by atoms with Gasteiger partial charge < -0.3 is 15.3 Å². The van der Waals surface area contributed by atoms with Gasteiger partial charge in [-0.1, -0.05) is 18.2 Å². The Morgan fingerprint density at radius 3 is 2.06 bits per heavy atom. The van der Waals surface area contributed by atoms with E-state index < -0.39 is 0 Å². The van der Waals surface area contributed by atoms with Gasteiger partial charge in [0.15, 0.2) is 0 Å². The molecule has 88 valence electrons. The Morgan fingerprint density at radius 2 is 1.75 bits per heavy atom. The fourth-order valence-corrected chi connectivity index (χ4v) is 0.823. The van der Waals surface area contributed by atoms with E-state index in [1.807, 2.05) is 0 Å². The second kappa shape index (κ2) is 12.8. The van der Waals surface area contributed by atoms with Crippen LogP contribution in [0.5, 0.6) is 0 Å². The van der Waals surface area contributed by atoms with E-state index in [1.165, 1.54) is 0 Å². The van der Waals surface area contributed by atoms with Crippen molar-refractivity contribution in [2.75, 3.05) is 19.6 Å². The lowest BCUT2D eigenvalue weighted by Gasteiger charge is -2.19. The summed E-state index contributed by atoms with van der Waals surface area (Å²) in [6.07, 6.45) is 5.74. The van der Waals surface area contributed by atoms with Crippen LogP contribution in [-0.2, 0) is 0 Å². The molecular formula is C11H17N3O2. The number of urea groups is 1. The Morgan fingerprint density at radius 1 is 1.31 bits per heavy atom. The van der Waals surface area contributed by atoms with E-state index in [-0.39, 0.29) is 6.03 Å². The van der Waals surface area contributed by atoms with Crippen molar-refractivity contribution in [3.05, 3.63) is 38.0 Å². The molecule has 0 saturated heterocycles. The number of amides is 2. The predicted molar refractivity (Wildman–Crippen MR) is 63.1 cm³/mol. The van der Waals surface area contributed by atoms with E-state index in [2.05, 4.69) is 25.1 Å². The fourth-order valence-electron chi connectivity index (χ4n) is 0.823. The number of rotatable bonds is 6. The number of hydrogen-bond acceptors (Lipinski definition) is 3. The van der Waals surface area contributed by atoms with E-state index in [0.717, 1.165) is 6.26 Å². The third-order valence-electron chi connectivity index (χ3n) is 1.38. The molecule has 0 radical (unpaired) electrons. The van der Waals surface area contributed by atoms with E-state index in [4.69, 9.17) is 10.4 Å². The monoisotopic (exact) mass is 223 g/mol. The normalized spacial score (nSPS) is 7.44. The van der Waals surface area contributed by atoms with E-state index in [1.54, 1.807) is 23.1 Å². The molecule has 0 fully saturated rings. The molecular weight excluding hydrogens is 206 g/mol. The number of carbonyl (C=O) groups excluding carboxylic acids is 1. The number of nitrogens with one attached hydrogen (secondary N) is 1. The Kier molecular flexibility index (Phi) is 13.0. The number of carbonyl (C=O) groups is 1. The molecule has 0 aromatic heterocycles. The quantitative estimate of drug-likeness (QED) is 0.527. The summed E-state index contributed by atoms with van der Waals surface area (Å²) in [6.45, 7) is 12.2. The molecule has 0 unspecified atom stereocenters.